The Morgan fingerprint density at radius 2 is 1.51 bits per heavy atom. The van der Waals surface area contributed by atoms with E-state index in [1.807, 2.05) is 72.8 Å². The van der Waals surface area contributed by atoms with Crippen molar-refractivity contribution >= 4 is 21.9 Å². The fourth-order valence-electron chi connectivity index (χ4n) is 3.65. The molecule has 0 saturated heterocycles. The van der Waals surface area contributed by atoms with Crippen molar-refractivity contribution in [3.63, 3.8) is 0 Å². The minimum absolute atomic E-state index is 0.0664. The maximum Gasteiger partial charge on any atom is 0.264 e. The van der Waals surface area contributed by atoms with Gasteiger partial charge in [0.05, 0.1) is 12.9 Å². The van der Waals surface area contributed by atoms with Gasteiger partial charge in [0.25, 0.3) is 16.0 Å². The molecule has 0 aliphatic rings. The molecule has 3 rings (SSSR count). The highest BCUT2D eigenvalue weighted by molar-refractivity contribution is 7.85. The summed E-state index contributed by atoms with van der Waals surface area (Å²) in [6, 6.07) is 25.7. The number of carbonyl (C=O) groups is 2. The molecule has 0 aromatic heterocycles. The van der Waals surface area contributed by atoms with Crippen LogP contribution in [0.2, 0.25) is 0 Å². The molecule has 7 nitrogen and oxygen atoms in total. The van der Waals surface area contributed by atoms with Crippen molar-refractivity contribution in [2.75, 3.05) is 19.4 Å². The Balaban J connectivity index is 1.69. The maximum absolute atomic E-state index is 13.2. The number of hydrogen-bond acceptors (Lipinski definition) is 5. The van der Waals surface area contributed by atoms with Crippen LogP contribution in [0.1, 0.15) is 28.8 Å². The summed E-state index contributed by atoms with van der Waals surface area (Å²) < 4.78 is 27.3. The Morgan fingerprint density at radius 1 is 0.886 bits per heavy atom. The van der Waals surface area contributed by atoms with E-state index < -0.39 is 16.2 Å². The van der Waals surface area contributed by atoms with Crippen molar-refractivity contribution in [1.29, 1.82) is 0 Å². The Hall–Kier alpha value is -3.49. The average molecular weight is 495 g/mol. The van der Waals surface area contributed by atoms with Crippen LogP contribution in [-0.2, 0) is 25.5 Å². The number of nitrogens with one attached hydrogen (secondary N) is 2. The monoisotopic (exact) mass is 494 g/mol. The number of amides is 2. The van der Waals surface area contributed by atoms with E-state index in [4.69, 9.17) is 4.18 Å². The summed E-state index contributed by atoms with van der Waals surface area (Å²) in [6.45, 7) is 0.346. The first-order valence-electron chi connectivity index (χ1n) is 11.4. The highest BCUT2D eigenvalue weighted by atomic mass is 32.2. The van der Waals surface area contributed by atoms with E-state index in [2.05, 4.69) is 10.6 Å². The first kappa shape index (κ1) is 26.1. The second-order valence-electron chi connectivity index (χ2n) is 8.13. The van der Waals surface area contributed by atoms with Crippen molar-refractivity contribution in [2.24, 2.45) is 0 Å². The average Bonchev–Trinajstić information content (AvgIpc) is 2.86. The van der Waals surface area contributed by atoms with Crippen LogP contribution in [0.3, 0.4) is 0 Å². The lowest BCUT2D eigenvalue weighted by Crippen LogP contribution is -2.47. The quantitative estimate of drug-likeness (QED) is 0.296. The predicted molar refractivity (Wildman–Crippen MR) is 136 cm³/mol. The van der Waals surface area contributed by atoms with Gasteiger partial charge in [0.2, 0.25) is 5.91 Å². The maximum atomic E-state index is 13.2. The molecule has 3 aromatic carbocycles. The van der Waals surface area contributed by atoms with E-state index in [9.17, 15) is 18.0 Å². The van der Waals surface area contributed by atoms with Crippen LogP contribution in [0, 0.1) is 0 Å². The molecule has 1 unspecified atom stereocenters. The molecule has 0 fully saturated rings. The summed E-state index contributed by atoms with van der Waals surface area (Å²) in [7, 11) is -3.58. The number of carbonyl (C=O) groups excluding carboxylic acids is 2. The van der Waals surface area contributed by atoms with Gasteiger partial charge in [-0.3, -0.25) is 13.8 Å². The van der Waals surface area contributed by atoms with E-state index in [-0.39, 0.29) is 31.3 Å². The second kappa shape index (κ2) is 12.8. The third-order valence-electron chi connectivity index (χ3n) is 5.37. The summed E-state index contributed by atoms with van der Waals surface area (Å²) in [6.07, 6.45) is 2.14. The molecule has 0 bridgehead atoms. The van der Waals surface area contributed by atoms with Crippen LogP contribution in [0.4, 0.5) is 0 Å². The molecule has 0 aliphatic heterocycles. The molecule has 2 N–H and O–H groups in total. The molecular formula is C27H30N2O5S. The lowest BCUT2D eigenvalue weighted by molar-refractivity contribution is -0.123. The van der Waals surface area contributed by atoms with Gasteiger partial charge in [-0.2, -0.15) is 8.42 Å². The highest BCUT2D eigenvalue weighted by Crippen LogP contribution is 2.23. The fraction of sp³-hybridized carbons (Fsp3) is 0.259. The minimum Gasteiger partial charge on any atom is -0.354 e. The zero-order chi connectivity index (χ0) is 25.1. The van der Waals surface area contributed by atoms with Crippen LogP contribution in [0.25, 0.3) is 11.1 Å². The topological polar surface area (TPSA) is 102 Å². The Kier molecular flexibility index (Phi) is 9.57. The highest BCUT2D eigenvalue weighted by Gasteiger charge is 2.22. The molecule has 0 spiro atoms. The van der Waals surface area contributed by atoms with E-state index >= 15 is 0 Å². The minimum atomic E-state index is -3.58. The lowest BCUT2D eigenvalue weighted by atomic mass is 9.98. The van der Waals surface area contributed by atoms with Gasteiger partial charge in [0.15, 0.2) is 0 Å². The third kappa shape index (κ3) is 8.66. The van der Waals surface area contributed by atoms with Crippen LogP contribution < -0.4 is 10.6 Å². The van der Waals surface area contributed by atoms with Gasteiger partial charge in [-0.25, -0.2) is 0 Å². The summed E-state index contributed by atoms with van der Waals surface area (Å²) in [5, 5.41) is 5.71. The van der Waals surface area contributed by atoms with Crippen LogP contribution >= 0.6 is 0 Å². The van der Waals surface area contributed by atoms with Crippen LogP contribution in [-0.4, -0.2) is 45.7 Å². The molecular weight excluding hydrogens is 464 g/mol. The summed E-state index contributed by atoms with van der Waals surface area (Å²) in [5.41, 5.74) is 3.19. The van der Waals surface area contributed by atoms with Crippen molar-refractivity contribution < 1.29 is 22.2 Å². The van der Waals surface area contributed by atoms with Gasteiger partial charge in [-0.1, -0.05) is 78.9 Å². The fourth-order valence-corrected chi connectivity index (χ4v) is 4.07. The number of benzene rings is 3. The SMILES string of the molecule is CS(=O)(=O)OCCCC(NC(=O)c1ccccc1-c1ccccc1)C(=O)NCCc1ccccc1. The largest absolute Gasteiger partial charge is 0.354 e. The number of rotatable bonds is 12. The van der Waals surface area contributed by atoms with E-state index in [1.165, 1.54) is 0 Å². The zero-order valence-electron chi connectivity index (χ0n) is 19.6. The first-order chi connectivity index (χ1) is 16.8. The summed E-state index contributed by atoms with van der Waals surface area (Å²) >= 11 is 0. The van der Waals surface area contributed by atoms with Crippen molar-refractivity contribution in [3.05, 3.63) is 96.1 Å². The molecule has 35 heavy (non-hydrogen) atoms. The van der Waals surface area contributed by atoms with Crippen molar-refractivity contribution in [1.82, 2.24) is 10.6 Å². The van der Waals surface area contributed by atoms with E-state index in [0.717, 1.165) is 22.9 Å². The molecule has 184 valence electrons. The molecule has 0 aliphatic carbocycles. The van der Waals surface area contributed by atoms with Crippen molar-refractivity contribution in [3.8, 4) is 11.1 Å². The van der Waals surface area contributed by atoms with Crippen LogP contribution in [0.5, 0.6) is 0 Å². The molecule has 0 heterocycles. The van der Waals surface area contributed by atoms with Gasteiger partial charge < -0.3 is 10.6 Å². The predicted octanol–water partition coefficient (Wildman–Crippen LogP) is 3.57. The Morgan fingerprint density at radius 3 is 2.20 bits per heavy atom. The van der Waals surface area contributed by atoms with Gasteiger partial charge in [0, 0.05) is 12.1 Å². The van der Waals surface area contributed by atoms with Crippen LogP contribution in [0.15, 0.2) is 84.9 Å². The van der Waals surface area contributed by atoms with E-state index in [1.54, 1.807) is 12.1 Å². The first-order valence-corrected chi connectivity index (χ1v) is 13.3. The Labute approximate surface area is 206 Å². The summed E-state index contributed by atoms with van der Waals surface area (Å²) in [4.78, 5) is 26.2. The third-order valence-corrected chi connectivity index (χ3v) is 5.96. The van der Waals surface area contributed by atoms with Gasteiger partial charge in [-0.15, -0.1) is 0 Å². The second-order valence-corrected chi connectivity index (χ2v) is 9.78. The van der Waals surface area contributed by atoms with Gasteiger partial charge in [0.1, 0.15) is 6.04 Å². The smallest absolute Gasteiger partial charge is 0.264 e. The standard InChI is InChI=1S/C27H30N2O5S/c1-35(32,33)34-20-10-17-25(27(31)28-19-18-21-11-4-2-5-12-21)29-26(30)24-16-9-8-15-23(24)22-13-6-3-7-14-22/h2-9,11-16,25H,10,17-20H2,1H3,(H,28,31)(H,29,30). The molecule has 0 radical (unpaired) electrons. The Bertz CT molecular complexity index is 1210. The molecule has 0 saturated carbocycles. The normalized spacial score (nSPS) is 12.0. The molecule has 1 atom stereocenters. The summed E-state index contributed by atoms with van der Waals surface area (Å²) in [5.74, 6) is -0.706. The molecule has 3 aromatic rings. The van der Waals surface area contributed by atoms with Gasteiger partial charge in [-0.05, 0) is 42.0 Å². The lowest BCUT2D eigenvalue weighted by Gasteiger charge is -2.19. The number of hydrogen-bond donors (Lipinski definition) is 2. The van der Waals surface area contributed by atoms with Crippen molar-refractivity contribution in [2.45, 2.75) is 25.3 Å². The zero-order valence-corrected chi connectivity index (χ0v) is 20.5. The van der Waals surface area contributed by atoms with Gasteiger partial charge >= 0.3 is 0 Å². The molecule has 2 amide bonds. The molecule has 8 heteroatoms. The van der Waals surface area contributed by atoms with E-state index in [0.29, 0.717) is 18.5 Å².